The van der Waals surface area contributed by atoms with Crippen LogP contribution in [0.5, 0.6) is 5.75 Å². The van der Waals surface area contributed by atoms with Crippen LogP contribution in [0.3, 0.4) is 0 Å². The summed E-state index contributed by atoms with van der Waals surface area (Å²) in [7, 11) is 0. The molecule has 0 radical (unpaired) electrons. The summed E-state index contributed by atoms with van der Waals surface area (Å²) in [6.45, 7) is 7.50. The van der Waals surface area contributed by atoms with Crippen LogP contribution in [0.25, 0.3) is 11.8 Å². The number of nitrogens with one attached hydrogen (secondary N) is 1. The van der Waals surface area contributed by atoms with Crippen LogP contribution in [0.4, 0.5) is 11.4 Å². The fourth-order valence-electron chi connectivity index (χ4n) is 3.50. The van der Waals surface area contributed by atoms with Gasteiger partial charge >= 0.3 is 0 Å². The molecule has 0 saturated heterocycles. The molecule has 0 aliphatic carbocycles. The highest BCUT2D eigenvalue weighted by molar-refractivity contribution is 6.09. The molecule has 1 amide bonds. The van der Waals surface area contributed by atoms with Crippen molar-refractivity contribution in [2.75, 3.05) is 5.32 Å². The Morgan fingerprint density at radius 1 is 1.18 bits per heavy atom. The monoisotopic (exact) mass is 444 g/mol. The molecular weight excluding hydrogens is 420 g/mol. The maximum absolute atomic E-state index is 12.7. The zero-order chi connectivity index (χ0) is 24.1. The normalized spacial score (nSPS) is 11.2. The van der Waals surface area contributed by atoms with Gasteiger partial charge in [-0.15, -0.1) is 0 Å². The number of rotatable bonds is 7. The molecule has 2 aromatic carbocycles. The Balaban J connectivity index is 1.90. The molecule has 0 aliphatic rings. The number of anilines is 1. The first kappa shape index (κ1) is 23.3. The number of hydrogen-bond acceptors (Lipinski definition) is 5. The number of amides is 1. The van der Waals surface area contributed by atoms with E-state index in [2.05, 4.69) is 5.32 Å². The van der Waals surface area contributed by atoms with Crippen LogP contribution in [0, 0.1) is 35.3 Å². The summed E-state index contributed by atoms with van der Waals surface area (Å²) in [4.78, 5) is 23.4. The minimum atomic E-state index is -0.542. The number of carbonyl (C=O) groups is 1. The first-order valence-corrected chi connectivity index (χ1v) is 10.3. The van der Waals surface area contributed by atoms with Gasteiger partial charge in [-0.05, 0) is 63.6 Å². The lowest BCUT2D eigenvalue weighted by atomic mass is 10.1. The van der Waals surface area contributed by atoms with Crippen LogP contribution < -0.4 is 10.1 Å². The molecular formula is C25H24N4O4. The third-order valence-corrected chi connectivity index (χ3v) is 4.90. The van der Waals surface area contributed by atoms with Crippen molar-refractivity contribution in [2.45, 2.75) is 33.8 Å². The fourth-order valence-corrected chi connectivity index (χ4v) is 3.50. The van der Waals surface area contributed by atoms with Crippen molar-refractivity contribution in [1.82, 2.24) is 4.57 Å². The third kappa shape index (κ3) is 5.46. The number of nitro benzene ring substituents is 1. The Kier molecular flexibility index (Phi) is 6.94. The lowest BCUT2D eigenvalue weighted by Gasteiger charge is -2.11. The van der Waals surface area contributed by atoms with E-state index in [1.807, 2.05) is 44.4 Å². The van der Waals surface area contributed by atoms with E-state index in [9.17, 15) is 20.2 Å². The molecule has 168 valence electrons. The van der Waals surface area contributed by atoms with E-state index >= 15 is 0 Å². The highest BCUT2D eigenvalue weighted by Crippen LogP contribution is 2.26. The van der Waals surface area contributed by atoms with Gasteiger partial charge in [-0.1, -0.05) is 12.1 Å². The van der Waals surface area contributed by atoms with Gasteiger partial charge in [-0.3, -0.25) is 14.9 Å². The Morgan fingerprint density at radius 2 is 1.91 bits per heavy atom. The van der Waals surface area contributed by atoms with Crippen LogP contribution in [0.15, 0.2) is 60.2 Å². The molecule has 1 aromatic heterocycles. The van der Waals surface area contributed by atoms with Crippen molar-refractivity contribution >= 4 is 23.4 Å². The minimum absolute atomic E-state index is 0.00758. The number of nitrogens with zero attached hydrogens (tertiary/aromatic N) is 3. The number of benzene rings is 2. The summed E-state index contributed by atoms with van der Waals surface area (Å²) < 4.78 is 7.49. The van der Waals surface area contributed by atoms with Crippen LogP contribution in [0.1, 0.15) is 30.8 Å². The number of carbonyl (C=O) groups excluding carboxylic acids is 1. The summed E-state index contributed by atoms with van der Waals surface area (Å²) in [6.07, 6.45) is 1.51. The van der Waals surface area contributed by atoms with Gasteiger partial charge in [0.2, 0.25) is 0 Å². The number of aryl methyl sites for hydroxylation is 1. The molecule has 0 spiro atoms. The number of nitriles is 1. The van der Waals surface area contributed by atoms with Crippen LogP contribution >= 0.6 is 0 Å². The minimum Gasteiger partial charge on any atom is -0.491 e. The Morgan fingerprint density at radius 3 is 2.58 bits per heavy atom. The van der Waals surface area contributed by atoms with Crippen molar-refractivity contribution in [3.8, 4) is 17.5 Å². The average molecular weight is 444 g/mol. The van der Waals surface area contributed by atoms with Gasteiger partial charge in [0.1, 0.15) is 17.4 Å². The maximum atomic E-state index is 12.7. The van der Waals surface area contributed by atoms with Crippen molar-refractivity contribution in [3.63, 3.8) is 0 Å². The summed E-state index contributed by atoms with van der Waals surface area (Å²) >= 11 is 0. The molecule has 0 atom stereocenters. The molecule has 3 aromatic rings. The molecule has 1 heterocycles. The standard InChI is InChI=1S/C25H24N4O4/c1-16(2)33-24-10-5-7-21(13-24)27-25(30)20(15-26)12-19-11-17(3)28(18(19)4)22-8-6-9-23(14-22)29(31)32/h5-14,16H,1-4H3,(H,27,30)/b20-12-. The van der Waals surface area contributed by atoms with E-state index in [-0.39, 0.29) is 17.4 Å². The fraction of sp³-hybridized carbons (Fsp3) is 0.200. The third-order valence-electron chi connectivity index (χ3n) is 4.90. The van der Waals surface area contributed by atoms with Crippen LogP contribution in [-0.2, 0) is 4.79 Å². The van der Waals surface area contributed by atoms with Gasteiger partial charge in [-0.2, -0.15) is 5.26 Å². The number of non-ortho nitro benzene ring substituents is 1. The second kappa shape index (κ2) is 9.83. The molecule has 33 heavy (non-hydrogen) atoms. The zero-order valence-electron chi connectivity index (χ0n) is 18.8. The second-order valence-electron chi connectivity index (χ2n) is 7.76. The molecule has 0 saturated carbocycles. The van der Waals surface area contributed by atoms with E-state index in [0.717, 1.165) is 11.4 Å². The van der Waals surface area contributed by atoms with Gasteiger partial charge in [0.05, 0.1) is 16.7 Å². The Labute approximate surface area is 191 Å². The predicted molar refractivity (Wildman–Crippen MR) is 126 cm³/mol. The lowest BCUT2D eigenvalue weighted by molar-refractivity contribution is -0.384. The highest BCUT2D eigenvalue weighted by Gasteiger charge is 2.16. The average Bonchev–Trinajstić information content (AvgIpc) is 3.04. The molecule has 0 unspecified atom stereocenters. The van der Waals surface area contributed by atoms with Crippen molar-refractivity contribution < 1.29 is 14.5 Å². The van der Waals surface area contributed by atoms with Crippen LogP contribution in [-0.4, -0.2) is 21.5 Å². The molecule has 8 nitrogen and oxygen atoms in total. The van der Waals surface area contributed by atoms with E-state index in [1.54, 1.807) is 36.4 Å². The van der Waals surface area contributed by atoms with Crippen molar-refractivity contribution in [1.29, 1.82) is 5.26 Å². The van der Waals surface area contributed by atoms with Gasteiger partial charge in [-0.25, -0.2) is 0 Å². The molecule has 0 bridgehead atoms. The Bertz CT molecular complexity index is 1280. The number of nitro groups is 1. The smallest absolute Gasteiger partial charge is 0.271 e. The van der Waals surface area contributed by atoms with E-state index in [0.29, 0.717) is 22.7 Å². The van der Waals surface area contributed by atoms with Gasteiger partial charge in [0, 0.05) is 35.3 Å². The van der Waals surface area contributed by atoms with Gasteiger partial charge < -0.3 is 14.6 Å². The quantitative estimate of drug-likeness (QED) is 0.229. The van der Waals surface area contributed by atoms with Crippen molar-refractivity contribution in [2.24, 2.45) is 0 Å². The first-order valence-electron chi connectivity index (χ1n) is 10.3. The summed E-state index contributed by atoms with van der Waals surface area (Å²) in [5.41, 5.74) is 3.30. The first-order chi connectivity index (χ1) is 15.7. The second-order valence-corrected chi connectivity index (χ2v) is 7.76. The number of ether oxygens (including phenoxy) is 1. The van der Waals surface area contributed by atoms with Gasteiger partial charge in [0.15, 0.2) is 0 Å². The molecule has 0 aliphatic heterocycles. The van der Waals surface area contributed by atoms with E-state index in [4.69, 9.17) is 4.74 Å². The maximum Gasteiger partial charge on any atom is 0.271 e. The molecule has 3 rings (SSSR count). The number of aromatic nitrogens is 1. The highest BCUT2D eigenvalue weighted by atomic mass is 16.6. The van der Waals surface area contributed by atoms with Crippen LogP contribution in [0.2, 0.25) is 0 Å². The Hall–Kier alpha value is -4.38. The summed E-state index contributed by atoms with van der Waals surface area (Å²) in [6, 6.07) is 17.0. The van der Waals surface area contributed by atoms with Gasteiger partial charge in [0.25, 0.3) is 11.6 Å². The summed E-state index contributed by atoms with van der Waals surface area (Å²) in [5, 5.41) is 23.5. The van der Waals surface area contributed by atoms with E-state index in [1.165, 1.54) is 18.2 Å². The predicted octanol–water partition coefficient (Wildman–Crippen LogP) is 5.34. The number of hydrogen-bond donors (Lipinski definition) is 1. The SMILES string of the molecule is Cc1cc(/C=C(/C#N)C(=O)Nc2cccc(OC(C)C)c2)c(C)n1-c1cccc([N+](=O)[O-])c1. The topological polar surface area (TPSA) is 110 Å². The largest absolute Gasteiger partial charge is 0.491 e. The molecule has 0 fully saturated rings. The molecule has 1 N–H and O–H groups in total. The van der Waals surface area contributed by atoms with E-state index < -0.39 is 10.8 Å². The molecule has 8 heteroatoms. The lowest BCUT2D eigenvalue weighted by Crippen LogP contribution is -2.14. The van der Waals surface area contributed by atoms with Crippen molar-refractivity contribution in [3.05, 3.63) is 87.2 Å². The zero-order valence-corrected chi connectivity index (χ0v) is 18.8. The summed E-state index contributed by atoms with van der Waals surface area (Å²) in [5.74, 6) is 0.0742.